The van der Waals surface area contributed by atoms with Crippen molar-refractivity contribution in [3.05, 3.63) is 0 Å². The van der Waals surface area contributed by atoms with E-state index in [1.807, 2.05) is 0 Å². The second-order valence-electron chi connectivity index (χ2n) is 4.60. The molecule has 0 aromatic rings. The molecule has 1 heterocycles. The predicted molar refractivity (Wildman–Crippen MR) is 53.5 cm³/mol. The molecule has 0 aromatic heterocycles. The van der Waals surface area contributed by atoms with Crippen LogP contribution >= 0.6 is 0 Å². The van der Waals surface area contributed by atoms with Crippen LogP contribution in [0, 0.1) is 5.92 Å². The predicted octanol–water partition coefficient (Wildman–Crippen LogP) is 1.13. The molecule has 3 unspecified atom stereocenters. The number of carbonyl (C=O) groups excluding carboxylic acids is 1. The van der Waals surface area contributed by atoms with Crippen LogP contribution in [0.2, 0.25) is 0 Å². The highest BCUT2D eigenvalue weighted by atomic mass is 16.6. The van der Waals surface area contributed by atoms with E-state index >= 15 is 0 Å². The number of rotatable bonds is 6. The smallest absolute Gasteiger partial charge is 0.293 e. The van der Waals surface area contributed by atoms with E-state index in [-0.39, 0.29) is 5.60 Å². The number of hydrogen-bond donors (Lipinski definition) is 0. The van der Waals surface area contributed by atoms with Gasteiger partial charge in [-0.3, -0.25) is 4.79 Å². The summed E-state index contributed by atoms with van der Waals surface area (Å²) in [7, 11) is 0. The Kier molecular flexibility index (Phi) is 3.26. The van der Waals surface area contributed by atoms with Crippen LogP contribution in [-0.2, 0) is 19.0 Å². The summed E-state index contributed by atoms with van der Waals surface area (Å²) in [6, 6.07) is 0. The van der Waals surface area contributed by atoms with Crippen LogP contribution in [0.25, 0.3) is 0 Å². The van der Waals surface area contributed by atoms with Crippen molar-refractivity contribution in [2.45, 2.75) is 37.9 Å². The lowest BCUT2D eigenvalue weighted by Gasteiger charge is -2.21. The molecule has 0 aromatic carbocycles. The Hall–Kier alpha value is -0.610. The minimum atomic E-state index is 0.192. The standard InChI is InChI=1S/C11H18O4/c1-11-3-2-9(6-10(11)15-11)7-13-4-5-14-8-12/h8-10H,2-7H2,1H3. The fourth-order valence-electron chi connectivity index (χ4n) is 2.28. The molecule has 2 rings (SSSR count). The van der Waals surface area contributed by atoms with Crippen molar-refractivity contribution in [2.24, 2.45) is 5.92 Å². The summed E-state index contributed by atoms with van der Waals surface area (Å²) < 4.78 is 15.6. The van der Waals surface area contributed by atoms with Gasteiger partial charge in [0.25, 0.3) is 6.47 Å². The van der Waals surface area contributed by atoms with E-state index in [4.69, 9.17) is 9.47 Å². The summed E-state index contributed by atoms with van der Waals surface area (Å²) in [4.78, 5) is 9.86. The largest absolute Gasteiger partial charge is 0.465 e. The van der Waals surface area contributed by atoms with Gasteiger partial charge >= 0.3 is 0 Å². The third-order valence-electron chi connectivity index (χ3n) is 3.40. The van der Waals surface area contributed by atoms with E-state index in [0.29, 0.717) is 31.7 Å². The van der Waals surface area contributed by atoms with Gasteiger partial charge in [-0.1, -0.05) is 0 Å². The molecule has 4 heteroatoms. The van der Waals surface area contributed by atoms with Crippen LogP contribution in [0.5, 0.6) is 0 Å². The second kappa shape index (κ2) is 4.49. The molecule has 1 saturated carbocycles. The number of ether oxygens (including phenoxy) is 3. The lowest BCUT2D eigenvalue weighted by atomic mass is 9.83. The molecule has 2 aliphatic rings. The topological polar surface area (TPSA) is 48.1 Å². The van der Waals surface area contributed by atoms with Crippen LogP contribution in [0.1, 0.15) is 26.2 Å². The molecular weight excluding hydrogens is 196 g/mol. The molecule has 15 heavy (non-hydrogen) atoms. The van der Waals surface area contributed by atoms with Crippen LogP contribution in [0.15, 0.2) is 0 Å². The highest BCUT2D eigenvalue weighted by molar-refractivity contribution is 5.36. The average Bonchev–Trinajstić information content (AvgIpc) is 2.89. The number of hydrogen-bond acceptors (Lipinski definition) is 4. The molecule has 0 radical (unpaired) electrons. The summed E-state index contributed by atoms with van der Waals surface area (Å²) in [6.45, 7) is 4.25. The molecule has 0 spiro atoms. The Morgan fingerprint density at radius 1 is 1.53 bits per heavy atom. The Bertz CT molecular complexity index is 231. The van der Waals surface area contributed by atoms with Gasteiger partial charge in [-0.15, -0.1) is 0 Å². The molecule has 1 aliphatic heterocycles. The molecule has 3 atom stereocenters. The fraction of sp³-hybridized carbons (Fsp3) is 0.909. The summed E-state index contributed by atoms with van der Waals surface area (Å²) in [5, 5.41) is 0. The number of carbonyl (C=O) groups is 1. The zero-order valence-electron chi connectivity index (χ0n) is 9.11. The minimum absolute atomic E-state index is 0.192. The summed E-state index contributed by atoms with van der Waals surface area (Å²) in [6.07, 6.45) is 3.91. The lowest BCUT2D eigenvalue weighted by Crippen LogP contribution is -2.24. The van der Waals surface area contributed by atoms with Crippen LogP contribution in [0.3, 0.4) is 0 Å². The molecule has 1 saturated heterocycles. The van der Waals surface area contributed by atoms with Crippen molar-refractivity contribution in [3.8, 4) is 0 Å². The van der Waals surface area contributed by atoms with Crippen molar-refractivity contribution < 1.29 is 19.0 Å². The Morgan fingerprint density at radius 3 is 3.13 bits per heavy atom. The van der Waals surface area contributed by atoms with E-state index < -0.39 is 0 Å². The highest BCUT2D eigenvalue weighted by Crippen LogP contribution is 2.49. The Balaban J connectivity index is 1.55. The van der Waals surface area contributed by atoms with E-state index in [9.17, 15) is 4.79 Å². The first-order chi connectivity index (χ1) is 7.24. The summed E-state index contributed by atoms with van der Waals surface area (Å²) >= 11 is 0. The maximum atomic E-state index is 9.86. The summed E-state index contributed by atoms with van der Waals surface area (Å²) in [5.74, 6) is 0.613. The van der Waals surface area contributed by atoms with Gasteiger partial charge in [0.15, 0.2) is 0 Å². The van der Waals surface area contributed by atoms with Gasteiger partial charge in [-0.25, -0.2) is 0 Å². The maximum absolute atomic E-state index is 9.86. The van der Waals surface area contributed by atoms with Gasteiger partial charge in [0.05, 0.1) is 18.3 Å². The first-order valence-electron chi connectivity index (χ1n) is 5.55. The molecule has 1 aliphatic carbocycles. The average molecular weight is 214 g/mol. The Labute approximate surface area is 89.9 Å². The number of epoxide rings is 1. The first-order valence-corrected chi connectivity index (χ1v) is 5.55. The van der Waals surface area contributed by atoms with Crippen molar-refractivity contribution >= 4 is 6.47 Å². The Morgan fingerprint density at radius 2 is 2.40 bits per heavy atom. The van der Waals surface area contributed by atoms with Gasteiger partial charge in [0.1, 0.15) is 6.61 Å². The molecule has 0 bridgehead atoms. The fourth-order valence-corrected chi connectivity index (χ4v) is 2.28. The third kappa shape index (κ3) is 2.69. The monoisotopic (exact) mass is 214 g/mol. The molecule has 4 nitrogen and oxygen atoms in total. The van der Waals surface area contributed by atoms with Crippen LogP contribution in [0.4, 0.5) is 0 Å². The van der Waals surface area contributed by atoms with Crippen molar-refractivity contribution in [1.29, 1.82) is 0 Å². The molecular formula is C11H18O4. The first kappa shape index (κ1) is 10.9. The van der Waals surface area contributed by atoms with Crippen LogP contribution < -0.4 is 0 Å². The van der Waals surface area contributed by atoms with Gasteiger partial charge in [0, 0.05) is 6.61 Å². The van der Waals surface area contributed by atoms with Crippen molar-refractivity contribution in [3.63, 3.8) is 0 Å². The van der Waals surface area contributed by atoms with Gasteiger partial charge in [-0.05, 0) is 32.1 Å². The SMILES string of the molecule is CC12CCC(COCCOC=O)CC1O2. The van der Waals surface area contributed by atoms with Gasteiger partial charge in [-0.2, -0.15) is 0 Å². The van der Waals surface area contributed by atoms with E-state index in [1.165, 1.54) is 6.42 Å². The molecule has 86 valence electrons. The van der Waals surface area contributed by atoms with Crippen LogP contribution in [-0.4, -0.2) is 38.0 Å². The lowest BCUT2D eigenvalue weighted by molar-refractivity contribution is -0.130. The number of fused-ring (bicyclic) bond motifs is 1. The zero-order chi connectivity index (χ0) is 10.7. The van der Waals surface area contributed by atoms with E-state index in [0.717, 1.165) is 19.4 Å². The van der Waals surface area contributed by atoms with Gasteiger partial charge < -0.3 is 14.2 Å². The molecule has 0 amide bonds. The van der Waals surface area contributed by atoms with Gasteiger partial charge in [0.2, 0.25) is 0 Å². The van der Waals surface area contributed by atoms with Crippen molar-refractivity contribution in [2.75, 3.05) is 19.8 Å². The highest BCUT2D eigenvalue weighted by Gasteiger charge is 2.55. The summed E-state index contributed by atoms with van der Waals surface area (Å²) in [5.41, 5.74) is 0.192. The minimum Gasteiger partial charge on any atom is -0.465 e. The maximum Gasteiger partial charge on any atom is 0.293 e. The van der Waals surface area contributed by atoms with E-state index in [1.54, 1.807) is 0 Å². The van der Waals surface area contributed by atoms with Crippen molar-refractivity contribution in [1.82, 2.24) is 0 Å². The quantitative estimate of drug-likeness (QED) is 0.378. The molecule has 2 fully saturated rings. The zero-order valence-corrected chi connectivity index (χ0v) is 9.11. The molecule has 0 N–H and O–H groups in total. The normalized spacial score (nSPS) is 38.2. The second-order valence-corrected chi connectivity index (χ2v) is 4.60. The van der Waals surface area contributed by atoms with E-state index in [2.05, 4.69) is 11.7 Å². The third-order valence-corrected chi connectivity index (χ3v) is 3.40.